The number of ether oxygens (including phenoxy) is 1. The zero-order chi connectivity index (χ0) is 13.8. The smallest absolute Gasteiger partial charge is 0.412 e. The predicted octanol–water partition coefficient (Wildman–Crippen LogP) is 3.86. The van der Waals surface area contributed by atoms with Crippen molar-refractivity contribution < 1.29 is 9.53 Å². The molecule has 1 rings (SSSR count). The Morgan fingerprint density at radius 1 is 1.50 bits per heavy atom. The van der Waals surface area contributed by atoms with Crippen LogP contribution in [0.3, 0.4) is 0 Å². The second-order valence-corrected chi connectivity index (χ2v) is 5.22. The van der Waals surface area contributed by atoms with Gasteiger partial charge in [-0.25, -0.2) is 4.79 Å². The third-order valence-corrected chi connectivity index (χ3v) is 2.34. The number of hydrogen-bond acceptors (Lipinski definition) is 2. The zero-order valence-electron chi connectivity index (χ0n) is 10.7. The van der Waals surface area contributed by atoms with Gasteiger partial charge in [0.25, 0.3) is 0 Å². The number of benzene rings is 1. The second-order valence-electron chi connectivity index (χ2n) is 4.81. The lowest BCUT2D eigenvalue weighted by molar-refractivity contribution is 0.0636. The molecule has 0 spiro atoms. The lowest BCUT2D eigenvalue weighted by Gasteiger charge is -2.19. The van der Waals surface area contributed by atoms with Crippen LogP contribution in [0.4, 0.5) is 10.5 Å². The van der Waals surface area contributed by atoms with E-state index in [0.29, 0.717) is 17.1 Å². The van der Waals surface area contributed by atoms with E-state index in [1.807, 2.05) is 0 Å². The summed E-state index contributed by atoms with van der Waals surface area (Å²) >= 11 is 6.04. The van der Waals surface area contributed by atoms with Gasteiger partial charge < -0.3 is 4.74 Å². The van der Waals surface area contributed by atoms with Crippen LogP contribution in [0.15, 0.2) is 18.2 Å². The summed E-state index contributed by atoms with van der Waals surface area (Å²) in [5, 5.41) is 3.14. The summed E-state index contributed by atoms with van der Waals surface area (Å²) in [5.74, 6) is 2.52. The Morgan fingerprint density at radius 2 is 2.17 bits per heavy atom. The minimum absolute atomic E-state index is 0.464. The Morgan fingerprint density at radius 3 is 2.67 bits per heavy atom. The molecule has 1 aromatic carbocycles. The van der Waals surface area contributed by atoms with E-state index in [9.17, 15) is 4.79 Å². The molecule has 1 amide bonds. The van der Waals surface area contributed by atoms with Crippen LogP contribution in [0.5, 0.6) is 0 Å². The van der Waals surface area contributed by atoms with Crippen LogP contribution in [-0.2, 0) is 11.2 Å². The van der Waals surface area contributed by atoms with Crippen LogP contribution in [0.1, 0.15) is 26.3 Å². The van der Waals surface area contributed by atoms with Gasteiger partial charge in [-0.1, -0.05) is 17.7 Å². The molecule has 1 aromatic rings. The Hall–Kier alpha value is -1.66. The molecule has 3 nitrogen and oxygen atoms in total. The van der Waals surface area contributed by atoms with Gasteiger partial charge in [0.15, 0.2) is 0 Å². The first-order valence-corrected chi connectivity index (χ1v) is 5.91. The van der Waals surface area contributed by atoms with Crippen LogP contribution in [-0.4, -0.2) is 11.7 Å². The minimum atomic E-state index is -0.530. The summed E-state index contributed by atoms with van der Waals surface area (Å²) in [6.07, 6.45) is 5.17. The number of nitrogens with one attached hydrogen (secondary N) is 1. The van der Waals surface area contributed by atoms with Crippen LogP contribution in [0, 0.1) is 12.3 Å². The van der Waals surface area contributed by atoms with Crippen LogP contribution in [0.2, 0.25) is 5.02 Å². The maximum absolute atomic E-state index is 11.5. The van der Waals surface area contributed by atoms with Crippen molar-refractivity contribution in [3.8, 4) is 12.3 Å². The molecule has 0 aliphatic rings. The Balaban J connectivity index is 2.72. The van der Waals surface area contributed by atoms with E-state index < -0.39 is 11.7 Å². The molecule has 0 aliphatic heterocycles. The molecule has 0 bridgehead atoms. The quantitative estimate of drug-likeness (QED) is 0.825. The van der Waals surface area contributed by atoms with Gasteiger partial charge in [-0.3, -0.25) is 5.32 Å². The molecular weight excluding hydrogens is 250 g/mol. The fourth-order valence-corrected chi connectivity index (χ4v) is 1.55. The average molecular weight is 266 g/mol. The van der Waals surface area contributed by atoms with Crippen LogP contribution < -0.4 is 5.32 Å². The Bertz CT molecular complexity index is 484. The molecule has 96 valence electrons. The molecule has 0 aliphatic carbocycles. The number of terminal acetylenes is 1. The summed E-state index contributed by atoms with van der Waals surface area (Å²) in [7, 11) is 0. The van der Waals surface area contributed by atoms with Gasteiger partial charge in [-0.05, 0) is 38.5 Å². The normalized spacial score (nSPS) is 10.6. The van der Waals surface area contributed by atoms with Crippen molar-refractivity contribution in [2.24, 2.45) is 0 Å². The first-order chi connectivity index (χ1) is 8.31. The summed E-state index contributed by atoms with van der Waals surface area (Å²) in [4.78, 5) is 11.5. The lowest BCUT2D eigenvalue weighted by atomic mass is 10.1. The molecule has 18 heavy (non-hydrogen) atoms. The molecule has 0 saturated heterocycles. The van der Waals surface area contributed by atoms with Crippen molar-refractivity contribution >= 4 is 23.4 Å². The third kappa shape index (κ3) is 4.68. The third-order valence-electron chi connectivity index (χ3n) is 1.99. The van der Waals surface area contributed by atoms with E-state index in [1.54, 1.807) is 39.0 Å². The van der Waals surface area contributed by atoms with E-state index in [0.717, 1.165) is 5.56 Å². The number of anilines is 1. The van der Waals surface area contributed by atoms with E-state index in [2.05, 4.69) is 11.2 Å². The van der Waals surface area contributed by atoms with Crippen molar-refractivity contribution in [1.82, 2.24) is 0 Å². The van der Waals surface area contributed by atoms with Crippen molar-refractivity contribution in [3.63, 3.8) is 0 Å². The summed E-state index contributed by atoms with van der Waals surface area (Å²) in [6, 6.07) is 5.18. The molecule has 0 heterocycles. The van der Waals surface area contributed by atoms with Crippen molar-refractivity contribution in [1.29, 1.82) is 0 Å². The molecule has 1 N–H and O–H groups in total. The number of halogens is 1. The molecule has 4 heteroatoms. The molecule has 0 unspecified atom stereocenters. The van der Waals surface area contributed by atoms with Gasteiger partial charge in [0, 0.05) is 17.1 Å². The maximum atomic E-state index is 11.5. The van der Waals surface area contributed by atoms with Crippen molar-refractivity contribution in [2.45, 2.75) is 32.8 Å². The second kappa shape index (κ2) is 5.79. The summed E-state index contributed by atoms with van der Waals surface area (Å²) in [6.45, 7) is 5.40. The van der Waals surface area contributed by atoms with E-state index in [1.165, 1.54) is 0 Å². The number of hydrogen-bond donors (Lipinski definition) is 1. The number of carbonyl (C=O) groups excluding carboxylic acids is 1. The first-order valence-electron chi connectivity index (χ1n) is 5.54. The van der Waals surface area contributed by atoms with Gasteiger partial charge in [-0.15, -0.1) is 12.3 Å². The van der Waals surface area contributed by atoms with Gasteiger partial charge in [0.2, 0.25) is 0 Å². The highest BCUT2D eigenvalue weighted by Gasteiger charge is 2.16. The van der Waals surface area contributed by atoms with E-state index >= 15 is 0 Å². The molecule has 0 atom stereocenters. The largest absolute Gasteiger partial charge is 0.444 e. The van der Waals surface area contributed by atoms with Crippen molar-refractivity contribution in [2.75, 3.05) is 5.32 Å². The summed E-state index contributed by atoms with van der Waals surface area (Å²) in [5.41, 5.74) is 0.904. The molecule has 0 aromatic heterocycles. The zero-order valence-corrected chi connectivity index (χ0v) is 11.5. The fourth-order valence-electron chi connectivity index (χ4n) is 1.30. The van der Waals surface area contributed by atoms with Gasteiger partial charge in [0.05, 0.1) is 0 Å². The molecule has 0 saturated carbocycles. The van der Waals surface area contributed by atoms with Crippen LogP contribution in [0.25, 0.3) is 0 Å². The molecule has 0 radical (unpaired) electrons. The number of carbonyl (C=O) groups is 1. The SMILES string of the molecule is C#CCc1ccc(NC(=O)OC(C)(C)C)cc1Cl. The van der Waals surface area contributed by atoms with E-state index in [-0.39, 0.29) is 0 Å². The fraction of sp³-hybridized carbons (Fsp3) is 0.357. The molecular formula is C14H16ClNO2. The highest BCUT2D eigenvalue weighted by molar-refractivity contribution is 6.31. The topological polar surface area (TPSA) is 38.3 Å². The average Bonchev–Trinajstić information content (AvgIpc) is 2.19. The highest BCUT2D eigenvalue weighted by atomic mass is 35.5. The monoisotopic (exact) mass is 265 g/mol. The minimum Gasteiger partial charge on any atom is -0.444 e. The van der Waals surface area contributed by atoms with Gasteiger partial charge >= 0.3 is 6.09 Å². The van der Waals surface area contributed by atoms with Crippen LogP contribution >= 0.6 is 11.6 Å². The Labute approximate surface area is 112 Å². The lowest BCUT2D eigenvalue weighted by Crippen LogP contribution is -2.27. The van der Waals surface area contributed by atoms with Gasteiger partial charge in [0.1, 0.15) is 5.60 Å². The van der Waals surface area contributed by atoms with Crippen molar-refractivity contribution in [3.05, 3.63) is 28.8 Å². The highest BCUT2D eigenvalue weighted by Crippen LogP contribution is 2.21. The van der Waals surface area contributed by atoms with Gasteiger partial charge in [-0.2, -0.15) is 0 Å². The molecule has 0 fully saturated rings. The standard InChI is InChI=1S/C14H16ClNO2/c1-5-6-10-7-8-11(9-12(10)15)16-13(17)18-14(2,3)4/h1,7-9H,6H2,2-4H3,(H,16,17). The first kappa shape index (κ1) is 14.4. The number of amides is 1. The maximum Gasteiger partial charge on any atom is 0.412 e. The Kier molecular flexibility index (Phi) is 4.63. The number of rotatable bonds is 2. The summed E-state index contributed by atoms with van der Waals surface area (Å²) < 4.78 is 5.13. The predicted molar refractivity (Wildman–Crippen MR) is 73.8 cm³/mol. The van der Waals surface area contributed by atoms with E-state index in [4.69, 9.17) is 22.8 Å².